The van der Waals surface area contributed by atoms with Crippen LogP contribution in [0.15, 0.2) is 47.8 Å². The van der Waals surface area contributed by atoms with Crippen LogP contribution in [0.1, 0.15) is 10.5 Å². The first-order chi connectivity index (χ1) is 9.66. The largest absolute Gasteiger partial charge is 0.477 e. The smallest absolute Gasteiger partial charge is 0.354 e. The van der Waals surface area contributed by atoms with Gasteiger partial charge in [0, 0.05) is 6.07 Å². The van der Waals surface area contributed by atoms with E-state index in [9.17, 15) is 14.3 Å². The lowest BCUT2D eigenvalue weighted by molar-refractivity contribution is 0.0687. The van der Waals surface area contributed by atoms with Gasteiger partial charge in [-0.05, 0) is 23.6 Å². The number of nitrogens with zero attached hydrogens (tertiary/aromatic N) is 2. The minimum atomic E-state index is -1.15. The molecule has 1 N–H and O–H groups in total. The second kappa shape index (κ2) is 4.90. The number of aromatic nitrogens is 2. The van der Waals surface area contributed by atoms with E-state index >= 15 is 0 Å². The Kier molecular flexibility index (Phi) is 3.08. The highest BCUT2D eigenvalue weighted by atomic mass is 32.1. The zero-order chi connectivity index (χ0) is 14.1. The van der Waals surface area contributed by atoms with Crippen LogP contribution in [0.2, 0.25) is 0 Å². The van der Waals surface area contributed by atoms with Crippen LogP contribution in [0.25, 0.3) is 16.3 Å². The fraction of sp³-hybridized carbons (Fsp3) is 0. The molecular weight excluding hydrogens is 279 g/mol. The molecule has 0 saturated heterocycles. The van der Waals surface area contributed by atoms with Crippen LogP contribution in [0, 0.1) is 5.82 Å². The minimum absolute atomic E-state index is 0.0708. The average Bonchev–Trinajstić information content (AvgIpc) is 3.08. The highest BCUT2D eigenvalue weighted by molar-refractivity contribution is 7.13. The maximum atomic E-state index is 13.8. The van der Waals surface area contributed by atoms with Crippen LogP contribution in [0.5, 0.6) is 0 Å². The number of rotatable bonds is 3. The Hall–Kier alpha value is -2.47. The Morgan fingerprint density at radius 2 is 2.05 bits per heavy atom. The van der Waals surface area contributed by atoms with Crippen LogP contribution in [0.4, 0.5) is 4.39 Å². The van der Waals surface area contributed by atoms with Crippen LogP contribution in [0.3, 0.4) is 0 Å². The summed E-state index contributed by atoms with van der Waals surface area (Å²) in [5, 5.41) is 15.3. The van der Waals surface area contributed by atoms with Gasteiger partial charge < -0.3 is 5.11 Å². The summed E-state index contributed by atoms with van der Waals surface area (Å²) in [6, 6.07) is 11.1. The molecule has 4 nitrogen and oxygen atoms in total. The first kappa shape index (κ1) is 12.6. The van der Waals surface area contributed by atoms with Gasteiger partial charge in [-0.25, -0.2) is 13.9 Å². The van der Waals surface area contributed by atoms with Crippen molar-refractivity contribution in [2.75, 3.05) is 0 Å². The number of carbonyl (C=O) groups is 1. The number of benzene rings is 1. The van der Waals surface area contributed by atoms with Crippen molar-refractivity contribution in [2.45, 2.75) is 0 Å². The van der Waals surface area contributed by atoms with E-state index in [0.717, 1.165) is 9.56 Å². The van der Waals surface area contributed by atoms with Gasteiger partial charge >= 0.3 is 5.97 Å². The number of carboxylic acid groups (broad SMARTS) is 1. The summed E-state index contributed by atoms with van der Waals surface area (Å²) in [5.41, 5.74) is 0.562. The summed E-state index contributed by atoms with van der Waals surface area (Å²) in [6.45, 7) is 0. The maximum Gasteiger partial charge on any atom is 0.354 e. The molecule has 6 heteroatoms. The Morgan fingerprint density at radius 3 is 2.70 bits per heavy atom. The quantitative estimate of drug-likeness (QED) is 0.803. The molecule has 20 heavy (non-hydrogen) atoms. The fourth-order valence-corrected chi connectivity index (χ4v) is 2.57. The molecule has 0 amide bonds. The second-order valence-corrected chi connectivity index (χ2v) is 5.01. The lowest BCUT2D eigenvalue weighted by Gasteiger charge is -2.04. The molecule has 0 aliphatic rings. The normalized spacial score (nSPS) is 10.7. The molecule has 0 bridgehead atoms. The molecule has 0 aliphatic heterocycles. The van der Waals surface area contributed by atoms with E-state index < -0.39 is 11.8 Å². The zero-order valence-electron chi connectivity index (χ0n) is 10.2. The SMILES string of the molecule is O=C(O)c1cc(-c2cccs2)nn1-c1ccccc1F. The Labute approximate surface area is 117 Å². The summed E-state index contributed by atoms with van der Waals surface area (Å²) in [5.74, 6) is -1.67. The van der Waals surface area contributed by atoms with E-state index in [2.05, 4.69) is 5.10 Å². The van der Waals surface area contributed by atoms with E-state index in [0.29, 0.717) is 5.69 Å². The first-order valence-electron chi connectivity index (χ1n) is 5.79. The van der Waals surface area contributed by atoms with Crippen LogP contribution in [-0.2, 0) is 0 Å². The molecule has 0 atom stereocenters. The minimum Gasteiger partial charge on any atom is -0.477 e. The third-order valence-electron chi connectivity index (χ3n) is 2.78. The highest BCUT2D eigenvalue weighted by Gasteiger charge is 2.18. The third kappa shape index (κ3) is 2.10. The molecule has 2 aromatic heterocycles. The molecule has 100 valence electrons. The second-order valence-electron chi connectivity index (χ2n) is 4.06. The predicted octanol–water partition coefficient (Wildman–Crippen LogP) is 3.44. The van der Waals surface area contributed by atoms with Crippen molar-refractivity contribution >= 4 is 17.3 Å². The number of para-hydroxylation sites is 1. The van der Waals surface area contributed by atoms with Crippen molar-refractivity contribution in [1.82, 2.24) is 9.78 Å². The van der Waals surface area contributed by atoms with Crippen LogP contribution in [-0.4, -0.2) is 20.9 Å². The molecule has 0 saturated carbocycles. The van der Waals surface area contributed by atoms with Gasteiger partial charge in [0.15, 0.2) is 5.69 Å². The van der Waals surface area contributed by atoms with Gasteiger partial charge in [-0.15, -0.1) is 11.3 Å². The predicted molar refractivity (Wildman–Crippen MR) is 73.8 cm³/mol. The summed E-state index contributed by atoms with van der Waals surface area (Å²) in [6.07, 6.45) is 0. The summed E-state index contributed by atoms with van der Waals surface area (Å²) >= 11 is 1.45. The zero-order valence-corrected chi connectivity index (χ0v) is 11.0. The van der Waals surface area contributed by atoms with E-state index in [1.807, 2.05) is 17.5 Å². The van der Waals surface area contributed by atoms with E-state index in [1.54, 1.807) is 12.1 Å². The van der Waals surface area contributed by atoms with Gasteiger partial charge in [-0.2, -0.15) is 5.10 Å². The molecule has 0 radical (unpaired) electrons. The maximum absolute atomic E-state index is 13.8. The fourth-order valence-electron chi connectivity index (χ4n) is 1.89. The van der Waals surface area contributed by atoms with Crippen molar-refractivity contribution in [2.24, 2.45) is 0 Å². The standard InChI is InChI=1S/C14H9FN2O2S/c15-9-4-1-2-5-11(9)17-12(14(18)19)8-10(16-17)13-6-3-7-20-13/h1-8H,(H,18,19). The first-order valence-corrected chi connectivity index (χ1v) is 6.67. The van der Waals surface area contributed by atoms with Gasteiger partial charge in [0.25, 0.3) is 0 Å². The number of thiophene rings is 1. The van der Waals surface area contributed by atoms with Crippen LogP contribution >= 0.6 is 11.3 Å². The summed E-state index contributed by atoms with van der Waals surface area (Å²) in [4.78, 5) is 12.1. The van der Waals surface area contributed by atoms with E-state index in [1.165, 1.54) is 29.5 Å². The van der Waals surface area contributed by atoms with Gasteiger partial charge in [0.05, 0.1) is 4.88 Å². The lowest BCUT2D eigenvalue weighted by Crippen LogP contribution is -2.09. The monoisotopic (exact) mass is 288 g/mol. The Balaban J connectivity index is 2.20. The number of carboxylic acids is 1. The molecule has 3 aromatic rings. The van der Waals surface area contributed by atoms with Crippen LogP contribution < -0.4 is 0 Å². The molecule has 0 spiro atoms. The van der Waals surface area contributed by atoms with Crippen molar-refractivity contribution in [3.8, 4) is 16.3 Å². The van der Waals surface area contributed by atoms with Crippen molar-refractivity contribution in [3.63, 3.8) is 0 Å². The van der Waals surface area contributed by atoms with Gasteiger partial charge in [-0.1, -0.05) is 18.2 Å². The molecule has 0 fully saturated rings. The molecule has 0 unspecified atom stereocenters. The van der Waals surface area contributed by atoms with Gasteiger partial charge in [-0.3, -0.25) is 0 Å². The molecular formula is C14H9FN2O2S. The Morgan fingerprint density at radius 1 is 1.25 bits per heavy atom. The molecule has 0 aliphatic carbocycles. The molecule has 2 heterocycles. The van der Waals surface area contributed by atoms with Crippen molar-refractivity contribution < 1.29 is 14.3 Å². The molecule has 3 rings (SSSR count). The number of halogens is 1. The lowest BCUT2D eigenvalue weighted by atomic mass is 10.3. The number of hydrogen-bond donors (Lipinski definition) is 1. The third-order valence-corrected chi connectivity index (χ3v) is 3.68. The van der Waals surface area contributed by atoms with Crippen molar-refractivity contribution in [1.29, 1.82) is 0 Å². The Bertz CT molecular complexity index is 765. The van der Waals surface area contributed by atoms with Gasteiger partial charge in [0.1, 0.15) is 17.2 Å². The van der Waals surface area contributed by atoms with E-state index in [4.69, 9.17) is 0 Å². The summed E-state index contributed by atoms with van der Waals surface area (Å²) in [7, 11) is 0. The van der Waals surface area contributed by atoms with E-state index in [-0.39, 0.29) is 11.4 Å². The van der Waals surface area contributed by atoms with Gasteiger partial charge in [0.2, 0.25) is 0 Å². The topological polar surface area (TPSA) is 55.1 Å². The molecule has 1 aromatic carbocycles. The average molecular weight is 288 g/mol. The number of aromatic carboxylic acids is 1. The van der Waals surface area contributed by atoms with Crippen molar-refractivity contribution in [3.05, 3.63) is 59.4 Å². The highest BCUT2D eigenvalue weighted by Crippen LogP contribution is 2.26. The summed E-state index contributed by atoms with van der Waals surface area (Å²) < 4.78 is 14.9. The number of hydrogen-bond acceptors (Lipinski definition) is 3.